The van der Waals surface area contributed by atoms with Gasteiger partial charge in [-0.25, -0.2) is 0 Å². The molecule has 0 aliphatic carbocycles. The number of rotatable bonds is 52. The summed E-state index contributed by atoms with van der Waals surface area (Å²) >= 11 is 0. The smallest absolute Gasteiger partial charge is 0.305 e. The fraction of sp³-hybridized carbons (Fsp3) is 0.929. The summed E-state index contributed by atoms with van der Waals surface area (Å²) in [6.07, 6.45) is 60.5. The number of carbonyl (C=O) groups excluding carboxylic acids is 2. The van der Waals surface area contributed by atoms with E-state index in [0.29, 0.717) is 25.9 Å². The highest BCUT2D eigenvalue weighted by molar-refractivity contribution is 5.76. The fourth-order valence-corrected chi connectivity index (χ4v) is 8.75. The van der Waals surface area contributed by atoms with Crippen LogP contribution in [0, 0.1) is 0 Å². The molecule has 0 aliphatic heterocycles. The van der Waals surface area contributed by atoms with Crippen LogP contribution in [0.4, 0.5) is 0 Å². The first-order valence-electron chi connectivity index (χ1n) is 27.9. The van der Waals surface area contributed by atoms with E-state index in [0.717, 1.165) is 77.0 Å². The molecule has 2 atom stereocenters. The van der Waals surface area contributed by atoms with Gasteiger partial charge in [0.05, 0.1) is 25.4 Å². The lowest BCUT2D eigenvalue weighted by Crippen LogP contribution is -2.45. The number of aliphatic hydroxyl groups is 2. The summed E-state index contributed by atoms with van der Waals surface area (Å²) in [6, 6.07) is -0.562. The summed E-state index contributed by atoms with van der Waals surface area (Å²) in [5.74, 6) is -0.0889. The van der Waals surface area contributed by atoms with Gasteiger partial charge >= 0.3 is 5.97 Å². The molecule has 0 radical (unpaired) electrons. The van der Waals surface area contributed by atoms with Crippen LogP contribution in [-0.4, -0.2) is 47.4 Å². The molecule has 0 aliphatic rings. The summed E-state index contributed by atoms with van der Waals surface area (Å²) in [5, 5.41) is 23.3. The van der Waals surface area contributed by atoms with E-state index in [2.05, 4.69) is 31.3 Å². The lowest BCUT2D eigenvalue weighted by molar-refractivity contribution is -0.143. The molecule has 2 unspecified atom stereocenters. The van der Waals surface area contributed by atoms with Crippen LogP contribution in [0.3, 0.4) is 0 Å². The van der Waals surface area contributed by atoms with Crippen molar-refractivity contribution in [1.82, 2.24) is 5.32 Å². The molecule has 0 bridgehead atoms. The van der Waals surface area contributed by atoms with Crippen molar-refractivity contribution in [3.05, 3.63) is 12.2 Å². The summed E-state index contributed by atoms with van der Waals surface area (Å²) in [6.45, 7) is 4.90. The Bertz CT molecular complexity index is 924. The van der Waals surface area contributed by atoms with Gasteiger partial charge in [0.2, 0.25) is 5.91 Å². The molecule has 0 rings (SSSR count). The molecule has 368 valence electrons. The van der Waals surface area contributed by atoms with Gasteiger partial charge in [0.15, 0.2) is 0 Å². The maximum absolute atomic E-state index is 12.5. The molecule has 0 saturated carbocycles. The monoisotopic (exact) mass is 876 g/mol. The van der Waals surface area contributed by atoms with Crippen LogP contribution in [0.25, 0.3) is 0 Å². The zero-order valence-corrected chi connectivity index (χ0v) is 41.9. The SMILES string of the molecule is CCCCCCCCCCCCCCCCCCCCCCC(O)C(CO)NC(=O)CCCCCCC/C=C\CCCCOC(=O)CCCCCCCCCCCCCCCC. The lowest BCUT2D eigenvalue weighted by atomic mass is 10.0. The van der Waals surface area contributed by atoms with E-state index in [9.17, 15) is 19.8 Å². The van der Waals surface area contributed by atoms with Gasteiger partial charge in [0.1, 0.15) is 0 Å². The highest BCUT2D eigenvalue weighted by atomic mass is 16.5. The van der Waals surface area contributed by atoms with Gasteiger partial charge in [-0.2, -0.15) is 0 Å². The first kappa shape index (κ1) is 60.6. The molecular weight excluding hydrogens is 767 g/mol. The molecule has 0 heterocycles. The minimum atomic E-state index is -0.682. The van der Waals surface area contributed by atoms with Crippen LogP contribution in [-0.2, 0) is 14.3 Å². The maximum Gasteiger partial charge on any atom is 0.305 e. The van der Waals surface area contributed by atoms with Gasteiger partial charge < -0.3 is 20.3 Å². The Balaban J connectivity index is 3.49. The molecule has 0 fully saturated rings. The number of hydrogen-bond donors (Lipinski definition) is 3. The van der Waals surface area contributed by atoms with E-state index < -0.39 is 12.1 Å². The Morgan fingerprint density at radius 3 is 1.15 bits per heavy atom. The van der Waals surface area contributed by atoms with E-state index in [-0.39, 0.29) is 18.5 Å². The second kappa shape index (κ2) is 52.2. The number of carbonyl (C=O) groups is 2. The zero-order chi connectivity index (χ0) is 45.1. The van der Waals surface area contributed by atoms with Crippen molar-refractivity contribution < 1.29 is 24.5 Å². The topological polar surface area (TPSA) is 95.9 Å². The predicted molar refractivity (Wildman–Crippen MR) is 269 cm³/mol. The largest absolute Gasteiger partial charge is 0.466 e. The van der Waals surface area contributed by atoms with Crippen molar-refractivity contribution >= 4 is 11.9 Å². The molecule has 0 spiro atoms. The number of unbranched alkanes of at least 4 members (excludes halogenated alkanes) is 39. The Labute approximate surface area is 387 Å². The minimum absolute atomic E-state index is 0.0281. The molecule has 0 aromatic heterocycles. The van der Waals surface area contributed by atoms with Crippen LogP contribution in [0.5, 0.6) is 0 Å². The summed E-state index contributed by atoms with van der Waals surface area (Å²) in [4.78, 5) is 24.5. The molecule has 6 nitrogen and oxygen atoms in total. The highest BCUT2D eigenvalue weighted by Gasteiger charge is 2.20. The van der Waals surface area contributed by atoms with Crippen LogP contribution in [0.15, 0.2) is 12.2 Å². The number of nitrogens with one attached hydrogen (secondary N) is 1. The Morgan fingerprint density at radius 1 is 0.435 bits per heavy atom. The molecule has 6 heteroatoms. The summed E-state index contributed by atoms with van der Waals surface area (Å²) in [7, 11) is 0. The third kappa shape index (κ3) is 48.1. The van der Waals surface area contributed by atoms with E-state index in [4.69, 9.17) is 4.74 Å². The standard InChI is InChI=1S/C56H109NO5/c1-3-5-7-9-11-13-15-17-19-20-21-22-23-24-25-28-32-36-40-44-48-54(59)53(52-58)57-55(60)49-45-41-37-33-29-27-31-35-39-43-47-51-62-56(61)50-46-42-38-34-30-26-18-16-14-12-10-8-6-4-2/h31,35,53-54,58-59H,3-30,32-34,36-52H2,1-2H3,(H,57,60)/b35-31-. The maximum atomic E-state index is 12.5. The number of aliphatic hydroxyl groups excluding tert-OH is 2. The van der Waals surface area contributed by atoms with Crippen LogP contribution in [0.2, 0.25) is 0 Å². The molecule has 1 amide bonds. The zero-order valence-electron chi connectivity index (χ0n) is 41.9. The molecule has 3 N–H and O–H groups in total. The normalized spacial score (nSPS) is 12.6. The Hall–Kier alpha value is -1.40. The number of allylic oxidation sites excluding steroid dienone is 2. The molecule has 0 saturated heterocycles. The van der Waals surface area contributed by atoms with Crippen molar-refractivity contribution in [2.45, 2.75) is 321 Å². The van der Waals surface area contributed by atoms with Crippen molar-refractivity contribution in [2.75, 3.05) is 13.2 Å². The van der Waals surface area contributed by atoms with Crippen LogP contribution in [0.1, 0.15) is 309 Å². The number of hydrogen-bond acceptors (Lipinski definition) is 5. The summed E-state index contributed by atoms with van der Waals surface area (Å²) < 4.78 is 5.44. The molecule has 62 heavy (non-hydrogen) atoms. The Kier molecular flexibility index (Phi) is 51.0. The average molecular weight is 876 g/mol. The van der Waals surface area contributed by atoms with Crippen molar-refractivity contribution in [3.63, 3.8) is 0 Å². The number of ether oxygens (including phenoxy) is 1. The van der Waals surface area contributed by atoms with Gasteiger partial charge in [-0.15, -0.1) is 0 Å². The molecular formula is C56H109NO5. The lowest BCUT2D eigenvalue weighted by Gasteiger charge is -2.22. The van der Waals surface area contributed by atoms with Crippen molar-refractivity contribution in [2.24, 2.45) is 0 Å². The van der Waals surface area contributed by atoms with Gasteiger partial charge in [0, 0.05) is 12.8 Å². The van der Waals surface area contributed by atoms with Crippen LogP contribution >= 0.6 is 0 Å². The van der Waals surface area contributed by atoms with E-state index in [1.54, 1.807) is 0 Å². The number of amides is 1. The van der Waals surface area contributed by atoms with Gasteiger partial charge in [-0.3, -0.25) is 9.59 Å². The predicted octanol–water partition coefficient (Wildman–Crippen LogP) is 16.9. The third-order valence-electron chi connectivity index (χ3n) is 13.1. The first-order chi connectivity index (χ1) is 30.5. The van der Waals surface area contributed by atoms with Crippen LogP contribution < -0.4 is 5.32 Å². The van der Waals surface area contributed by atoms with E-state index >= 15 is 0 Å². The molecule has 0 aromatic carbocycles. The Morgan fingerprint density at radius 2 is 0.758 bits per heavy atom. The van der Waals surface area contributed by atoms with Gasteiger partial charge in [-0.05, 0) is 51.4 Å². The van der Waals surface area contributed by atoms with Crippen molar-refractivity contribution in [1.29, 1.82) is 0 Å². The van der Waals surface area contributed by atoms with Gasteiger partial charge in [0.25, 0.3) is 0 Å². The van der Waals surface area contributed by atoms with Gasteiger partial charge in [-0.1, -0.05) is 257 Å². The van der Waals surface area contributed by atoms with E-state index in [1.165, 1.54) is 199 Å². The average Bonchev–Trinajstić information content (AvgIpc) is 3.27. The third-order valence-corrected chi connectivity index (χ3v) is 13.1. The molecule has 0 aromatic rings. The van der Waals surface area contributed by atoms with E-state index in [1.807, 2.05) is 0 Å². The fourth-order valence-electron chi connectivity index (χ4n) is 8.75. The van der Waals surface area contributed by atoms with Crippen molar-refractivity contribution in [3.8, 4) is 0 Å². The second-order valence-corrected chi connectivity index (χ2v) is 19.3. The highest BCUT2D eigenvalue weighted by Crippen LogP contribution is 2.17. The summed E-state index contributed by atoms with van der Waals surface area (Å²) in [5.41, 5.74) is 0. The second-order valence-electron chi connectivity index (χ2n) is 19.3. The number of esters is 1. The minimum Gasteiger partial charge on any atom is -0.466 e. The quantitative estimate of drug-likeness (QED) is 0.0321. The first-order valence-corrected chi connectivity index (χ1v) is 27.9.